The van der Waals surface area contributed by atoms with Crippen molar-refractivity contribution in [3.8, 4) is 0 Å². The molecule has 10 saturated carbocycles. The van der Waals surface area contributed by atoms with E-state index in [0.717, 1.165) is 11.8 Å². The molecule has 0 nitrogen and oxygen atoms in total. The topological polar surface area (TPSA) is 0 Å². The van der Waals surface area contributed by atoms with E-state index in [1.807, 2.05) is 96.9 Å². The Morgan fingerprint density at radius 3 is 0.129 bits per heavy atom. The second-order valence-electron chi connectivity index (χ2n) is 17.6. The van der Waals surface area contributed by atoms with Crippen molar-refractivity contribution in [2.45, 2.75) is 395 Å². The van der Waals surface area contributed by atoms with Crippen LogP contribution in [0.5, 0.6) is 0 Å². The lowest BCUT2D eigenvalue weighted by molar-refractivity contribution is 0.504. The molecule has 10 aliphatic carbocycles. The highest BCUT2D eigenvalue weighted by molar-refractivity contribution is 4.54. The van der Waals surface area contributed by atoms with Gasteiger partial charge in [-0.1, -0.05) is 395 Å². The van der Waals surface area contributed by atoms with Gasteiger partial charge in [-0.15, -0.1) is 0 Å². The largest absolute Gasteiger partial charge is 0.0683 e. The number of rotatable bonds is 0. The fourth-order valence-corrected chi connectivity index (χ4v) is 2.50. The molecule has 0 amide bonds. The van der Waals surface area contributed by atoms with Gasteiger partial charge >= 0.3 is 0 Å². The van der Waals surface area contributed by atoms with Crippen LogP contribution in [0.2, 0.25) is 0 Å². The molecule has 0 bridgehead atoms. The smallest absolute Gasteiger partial charge is 0.0500 e. The third-order valence-corrected chi connectivity index (χ3v) is 10.00. The van der Waals surface area contributed by atoms with E-state index < -0.39 is 0 Å². The van der Waals surface area contributed by atoms with Crippen molar-refractivity contribution in [2.24, 2.45) is 11.8 Å². The minimum absolute atomic E-state index is 0.833. The molecule has 0 heteroatoms. The summed E-state index contributed by atoms with van der Waals surface area (Å²) < 4.78 is 0. The van der Waals surface area contributed by atoms with Crippen LogP contribution in [0.4, 0.5) is 0 Å². The third kappa shape index (κ3) is 131. The molecular formula is C62H142. The molecule has 0 unspecified atom stereocenters. The molecule has 10 rings (SSSR count). The fourth-order valence-electron chi connectivity index (χ4n) is 2.50. The van der Waals surface area contributed by atoms with Crippen molar-refractivity contribution in [1.29, 1.82) is 0 Å². The van der Waals surface area contributed by atoms with Crippen LogP contribution in [-0.2, 0) is 0 Å². The summed E-state index contributed by atoms with van der Waals surface area (Å²) in [5.74, 6) is 1.67. The summed E-state index contributed by atoms with van der Waals surface area (Å²) in [6.07, 6.45) is 60.0. The van der Waals surface area contributed by atoms with Crippen LogP contribution >= 0.6 is 0 Å². The van der Waals surface area contributed by atoms with Gasteiger partial charge in [0, 0.05) is 0 Å². The Hall–Kier alpha value is 0. The Labute approximate surface area is 405 Å². The number of hydrogen-bond acceptors (Lipinski definition) is 0. The SMILES string of the molecule is C1CCC1.C1CCC1.C1CCC1.C1CCC1.C1CCC1.C1CCC1.C1CCC1.C1CCC1.C1CCC1.C1CCC1.CC.CC.CC.CC.CC.CC.CC.CC(C)C.CC(C)C. The highest BCUT2D eigenvalue weighted by Crippen LogP contribution is 2.18. The van der Waals surface area contributed by atoms with E-state index in [2.05, 4.69) is 41.5 Å². The fraction of sp³-hybridized carbons (Fsp3) is 1.00. The van der Waals surface area contributed by atoms with E-state index in [0.29, 0.717) is 0 Å². The quantitative estimate of drug-likeness (QED) is 0.227. The molecule has 0 aliphatic heterocycles. The summed E-state index contributed by atoms with van der Waals surface area (Å²) >= 11 is 0. The van der Waals surface area contributed by atoms with Gasteiger partial charge < -0.3 is 0 Å². The molecule has 0 heterocycles. The lowest BCUT2D eigenvalue weighted by atomic mass is 10.0. The minimum Gasteiger partial charge on any atom is -0.0683 e. The Kier molecular flexibility index (Phi) is 137. The van der Waals surface area contributed by atoms with Gasteiger partial charge in [0.15, 0.2) is 0 Å². The molecule has 390 valence electrons. The second kappa shape index (κ2) is 104. The summed E-state index contributed by atoms with van der Waals surface area (Å²) in [5.41, 5.74) is 0. The molecule has 0 radical (unpaired) electrons. The van der Waals surface area contributed by atoms with E-state index >= 15 is 0 Å². The first kappa shape index (κ1) is 82.1. The lowest BCUT2D eigenvalue weighted by Gasteiger charge is -2.05. The van der Waals surface area contributed by atoms with Crippen molar-refractivity contribution in [1.82, 2.24) is 0 Å². The van der Waals surface area contributed by atoms with Crippen molar-refractivity contribution in [3.63, 3.8) is 0 Å². The summed E-state index contributed by atoms with van der Waals surface area (Å²) in [4.78, 5) is 0. The van der Waals surface area contributed by atoms with Crippen LogP contribution in [0.15, 0.2) is 0 Å². The standard InChI is InChI=1S/10C4H8.2C4H10.7C2H6/c10*1-2-4-3-1;2*1-4(2)3;7*1-2/h10*1-4H2;2*4H,1-3H3;7*1-2H3. The molecule has 0 aromatic heterocycles. The maximum absolute atomic E-state index is 2.17. The van der Waals surface area contributed by atoms with Crippen molar-refractivity contribution < 1.29 is 0 Å². The van der Waals surface area contributed by atoms with E-state index in [1.54, 1.807) is 0 Å². The minimum atomic E-state index is 0.833. The predicted molar refractivity (Wildman–Crippen MR) is 305 cm³/mol. The van der Waals surface area contributed by atoms with Gasteiger partial charge in [0.25, 0.3) is 0 Å². The molecule has 0 N–H and O–H groups in total. The zero-order chi connectivity index (χ0) is 49.4. The predicted octanol–water partition coefficient (Wildman–Crippen LogP) is 26.1. The Morgan fingerprint density at radius 1 is 0.113 bits per heavy atom. The van der Waals surface area contributed by atoms with Crippen LogP contribution in [0.3, 0.4) is 0 Å². The van der Waals surface area contributed by atoms with Crippen molar-refractivity contribution in [3.05, 3.63) is 0 Å². The monoisotopic (exact) mass is 887 g/mol. The van der Waals surface area contributed by atoms with E-state index in [-0.39, 0.29) is 0 Å². The first-order valence-corrected chi connectivity index (χ1v) is 30.5. The van der Waals surface area contributed by atoms with Crippen LogP contribution in [0.25, 0.3) is 0 Å². The van der Waals surface area contributed by atoms with Gasteiger partial charge in [0.2, 0.25) is 0 Å². The molecule has 62 heavy (non-hydrogen) atoms. The Morgan fingerprint density at radius 2 is 0.129 bits per heavy atom. The zero-order valence-corrected chi connectivity index (χ0v) is 49.4. The van der Waals surface area contributed by atoms with Crippen LogP contribution in [0.1, 0.15) is 395 Å². The van der Waals surface area contributed by atoms with E-state index in [9.17, 15) is 0 Å². The van der Waals surface area contributed by atoms with Crippen molar-refractivity contribution >= 4 is 0 Å². The highest BCUT2D eigenvalue weighted by Gasteiger charge is 1.99. The highest BCUT2D eigenvalue weighted by atomic mass is 14.0. The third-order valence-electron chi connectivity index (χ3n) is 10.00. The van der Waals surface area contributed by atoms with Crippen molar-refractivity contribution in [2.75, 3.05) is 0 Å². The first-order chi connectivity index (χ1) is 30.5. The molecule has 10 aliphatic rings. The molecule has 0 aromatic carbocycles. The average Bonchev–Trinajstić information content (AvgIpc) is 2.99. The van der Waals surface area contributed by atoms with E-state index in [4.69, 9.17) is 0 Å². The maximum atomic E-state index is 2.17. The summed E-state index contributed by atoms with van der Waals surface area (Å²) in [6.45, 7) is 41.0. The van der Waals surface area contributed by atoms with Crippen LogP contribution in [0, 0.1) is 11.8 Å². The van der Waals surface area contributed by atoms with Gasteiger partial charge in [0.05, 0.1) is 0 Å². The molecule has 0 atom stereocenters. The molecule has 0 spiro atoms. The second-order valence-corrected chi connectivity index (χ2v) is 17.6. The zero-order valence-electron chi connectivity index (χ0n) is 49.4. The molecule has 0 saturated heterocycles. The van der Waals surface area contributed by atoms with Crippen LogP contribution in [-0.4, -0.2) is 0 Å². The first-order valence-electron chi connectivity index (χ1n) is 30.5. The molecule has 10 fully saturated rings. The summed E-state index contributed by atoms with van der Waals surface area (Å²) in [6, 6.07) is 0. The van der Waals surface area contributed by atoms with Gasteiger partial charge in [-0.05, 0) is 11.8 Å². The molecule has 0 aromatic rings. The van der Waals surface area contributed by atoms with Gasteiger partial charge in [-0.3, -0.25) is 0 Å². The van der Waals surface area contributed by atoms with E-state index in [1.165, 1.54) is 257 Å². The molecular weight excluding hydrogens is 745 g/mol. The normalized spacial score (nSPS) is 17.3. The maximum Gasteiger partial charge on any atom is -0.0500 e. The van der Waals surface area contributed by atoms with Gasteiger partial charge in [-0.2, -0.15) is 0 Å². The van der Waals surface area contributed by atoms with Gasteiger partial charge in [0.1, 0.15) is 0 Å². The number of hydrogen-bond donors (Lipinski definition) is 0. The van der Waals surface area contributed by atoms with Crippen LogP contribution < -0.4 is 0 Å². The average molecular weight is 888 g/mol. The van der Waals surface area contributed by atoms with Gasteiger partial charge in [-0.25, -0.2) is 0 Å². The Bertz CT molecular complexity index is 280. The summed E-state index contributed by atoms with van der Waals surface area (Å²) in [5, 5.41) is 0. The lowest BCUT2D eigenvalue weighted by Crippen LogP contribution is -1.85. The summed E-state index contributed by atoms with van der Waals surface area (Å²) in [7, 11) is 0. The Balaban J connectivity index is -0.0000000689.